The van der Waals surface area contributed by atoms with Gasteiger partial charge in [0.25, 0.3) is 5.69 Å². The predicted molar refractivity (Wildman–Crippen MR) is 61.7 cm³/mol. The number of nitro benzene ring substituents is 3. The van der Waals surface area contributed by atoms with Gasteiger partial charge in [-0.2, -0.15) is 0 Å². The predicted octanol–water partition coefficient (Wildman–Crippen LogP) is 1.77. The Morgan fingerprint density at radius 2 is 1.53 bits per heavy atom. The monoisotopic (exact) mass is 272 g/mol. The van der Waals surface area contributed by atoms with E-state index in [2.05, 4.69) is 10.3 Å². The topological polar surface area (TPSA) is 151 Å². The van der Waals surface area contributed by atoms with Crippen LogP contribution in [0.3, 0.4) is 0 Å². The van der Waals surface area contributed by atoms with E-state index in [1.807, 2.05) is 0 Å². The summed E-state index contributed by atoms with van der Waals surface area (Å²) < 4.78 is 0. The minimum absolute atomic E-state index is 0.0886. The van der Waals surface area contributed by atoms with Crippen molar-refractivity contribution in [3.05, 3.63) is 42.5 Å². The van der Waals surface area contributed by atoms with Gasteiger partial charge in [-0.05, 0) is 6.92 Å². The number of non-ortho nitro benzene ring substituents is 1. The first-order chi connectivity index (χ1) is 8.88. The number of benzene rings is 1. The summed E-state index contributed by atoms with van der Waals surface area (Å²) in [7, 11) is 0. The van der Waals surface area contributed by atoms with E-state index >= 15 is 0 Å². The van der Waals surface area contributed by atoms with Gasteiger partial charge in [0, 0.05) is 0 Å². The Morgan fingerprint density at radius 3 is 1.84 bits per heavy atom. The van der Waals surface area contributed by atoms with Crippen LogP contribution in [0.5, 0.6) is 0 Å². The minimum atomic E-state index is -0.971. The van der Waals surface area contributed by atoms with Gasteiger partial charge in [0.15, 0.2) is 0 Å². The smallest absolute Gasteiger partial charge is 0.276 e. The molecule has 0 saturated heterocycles. The molecule has 0 radical (unpaired) electrons. The summed E-state index contributed by atoms with van der Waals surface area (Å²) in [6, 6.07) is 1.24. The highest BCUT2D eigenvalue weighted by atomic mass is 16.7. The fourth-order valence-electron chi connectivity index (χ4n) is 1.24. The summed E-state index contributed by atoms with van der Waals surface area (Å²) in [4.78, 5) is 34.0. The molecule has 102 valence electrons. The molecule has 1 aromatic carbocycles. The zero-order chi connectivity index (χ0) is 14.6. The van der Waals surface area contributed by atoms with E-state index in [0.717, 1.165) is 0 Å². The van der Waals surface area contributed by atoms with E-state index in [0.29, 0.717) is 12.1 Å². The molecule has 0 fully saturated rings. The lowest BCUT2D eigenvalue weighted by Gasteiger charge is -2.06. The Kier molecular flexibility index (Phi) is 4.26. The van der Waals surface area contributed by atoms with E-state index in [-0.39, 0.29) is 6.61 Å². The minimum Gasteiger partial charge on any atom is -0.276 e. The lowest BCUT2D eigenvalue weighted by Crippen LogP contribution is -2.07. The highest BCUT2D eigenvalue weighted by Gasteiger charge is 2.30. The molecule has 1 rings (SSSR count). The second-order valence-corrected chi connectivity index (χ2v) is 3.17. The molecule has 1 aromatic rings. The van der Waals surface area contributed by atoms with E-state index in [4.69, 9.17) is 0 Å². The van der Waals surface area contributed by atoms with Crippen molar-refractivity contribution < 1.29 is 19.6 Å². The molecule has 11 heteroatoms. The number of rotatable bonds is 6. The Morgan fingerprint density at radius 1 is 1.05 bits per heavy atom. The highest BCUT2D eigenvalue weighted by molar-refractivity contribution is 5.76. The Hall–Kier alpha value is -2.82. The van der Waals surface area contributed by atoms with Crippen LogP contribution in [0.2, 0.25) is 0 Å². The standard InChI is InChI=1S/C8H8N4O7/c1-2-19-9-8-6(11(15)16)3-5(10(13)14)4-7(8)12(17)18/h3-4,9H,2H2,1H3. The summed E-state index contributed by atoms with van der Waals surface area (Å²) in [5, 5.41) is 32.2. The third kappa shape index (κ3) is 3.10. The molecule has 1 N–H and O–H groups in total. The Labute approximate surface area is 105 Å². The van der Waals surface area contributed by atoms with E-state index < -0.39 is 37.5 Å². The number of hydrogen-bond acceptors (Lipinski definition) is 8. The Bertz CT molecular complexity index is 509. The van der Waals surface area contributed by atoms with E-state index in [1.165, 1.54) is 0 Å². The molecule has 0 atom stereocenters. The quantitative estimate of drug-likeness (QED) is 0.607. The van der Waals surface area contributed by atoms with Crippen molar-refractivity contribution in [2.45, 2.75) is 6.92 Å². The lowest BCUT2D eigenvalue weighted by atomic mass is 10.2. The molecule has 0 amide bonds. The van der Waals surface area contributed by atoms with Crippen molar-refractivity contribution >= 4 is 22.7 Å². The Balaban J connectivity index is 3.50. The SMILES string of the molecule is CCONc1c([N+](=O)[O-])cc([N+](=O)[O-])cc1[N+](=O)[O-]. The summed E-state index contributed by atoms with van der Waals surface area (Å²) in [5.41, 5.74) is -0.856. The maximum absolute atomic E-state index is 10.8. The van der Waals surface area contributed by atoms with Gasteiger partial charge in [0.05, 0.1) is 33.5 Å². The zero-order valence-electron chi connectivity index (χ0n) is 9.56. The molecule has 0 heterocycles. The van der Waals surface area contributed by atoms with Crippen LogP contribution in [0.4, 0.5) is 22.7 Å². The van der Waals surface area contributed by atoms with Gasteiger partial charge in [-0.15, -0.1) is 0 Å². The maximum atomic E-state index is 10.8. The van der Waals surface area contributed by atoms with Gasteiger partial charge in [0.2, 0.25) is 5.69 Å². The summed E-state index contributed by atoms with van der Waals surface area (Å²) in [6.45, 7) is 1.64. The van der Waals surface area contributed by atoms with Gasteiger partial charge >= 0.3 is 11.4 Å². The first kappa shape index (κ1) is 14.2. The fourth-order valence-corrected chi connectivity index (χ4v) is 1.24. The van der Waals surface area contributed by atoms with Crippen LogP contribution < -0.4 is 5.48 Å². The molecular formula is C8H8N4O7. The molecule has 11 nitrogen and oxygen atoms in total. The average Bonchev–Trinajstić information content (AvgIpc) is 2.34. The molecule has 19 heavy (non-hydrogen) atoms. The first-order valence-corrected chi connectivity index (χ1v) is 4.87. The van der Waals surface area contributed by atoms with Crippen molar-refractivity contribution in [2.75, 3.05) is 12.1 Å². The van der Waals surface area contributed by atoms with Crippen molar-refractivity contribution in [3.8, 4) is 0 Å². The van der Waals surface area contributed by atoms with Gasteiger partial charge in [-0.25, -0.2) is 0 Å². The highest BCUT2D eigenvalue weighted by Crippen LogP contribution is 2.38. The lowest BCUT2D eigenvalue weighted by molar-refractivity contribution is -0.402. The first-order valence-electron chi connectivity index (χ1n) is 4.87. The van der Waals surface area contributed by atoms with Crippen LogP contribution in [0.25, 0.3) is 0 Å². The zero-order valence-corrected chi connectivity index (χ0v) is 9.56. The van der Waals surface area contributed by atoms with Crippen LogP contribution in [-0.4, -0.2) is 21.4 Å². The van der Waals surface area contributed by atoms with Gasteiger partial charge in [-0.1, -0.05) is 0 Å². The normalized spacial score (nSPS) is 9.95. The third-order valence-corrected chi connectivity index (χ3v) is 2.00. The third-order valence-electron chi connectivity index (χ3n) is 2.00. The fraction of sp³-hybridized carbons (Fsp3) is 0.250. The second-order valence-electron chi connectivity index (χ2n) is 3.17. The summed E-state index contributed by atoms with van der Waals surface area (Å²) in [6.07, 6.45) is 0. The van der Waals surface area contributed by atoms with Crippen LogP contribution >= 0.6 is 0 Å². The van der Waals surface area contributed by atoms with Crippen molar-refractivity contribution in [1.29, 1.82) is 0 Å². The van der Waals surface area contributed by atoms with E-state index in [9.17, 15) is 30.3 Å². The molecule has 0 bridgehead atoms. The van der Waals surface area contributed by atoms with Crippen LogP contribution in [0, 0.1) is 30.3 Å². The van der Waals surface area contributed by atoms with Crippen LogP contribution in [-0.2, 0) is 4.84 Å². The van der Waals surface area contributed by atoms with Crippen molar-refractivity contribution in [2.24, 2.45) is 0 Å². The number of nitrogens with one attached hydrogen (secondary N) is 1. The molecule has 0 saturated carbocycles. The van der Waals surface area contributed by atoms with Gasteiger partial charge in [0.1, 0.15) is 0 Å². The number of hydrogen-bond donors (Lipinski definition) is 1. The maximum Gasteiger partial charge on any atom is 0.308 e. The van der Waals surface area contributed by atoms with Crippen molar-refractivity contribution in [1.82, 2.24) is 0 Å². The molecule has 0 spiro atoms. The number of nitro groups is 3. The second kappa shape index (κ2) is 5.68. The molecule has 0 aliphatic rings. The largest absolute Gasteiger partial charge is 0.308 e. The molecule has 0 unspecified atom stereocenters. The van der Waals surface area contributed by atoms with E-state index in [1.54, 1.807) is 6.92 Å². The van der Waals surface area contributed by atoms with Crippen molar-refractivity contribution in [3.63, 3.8) is 0 Å². The van der Waals surface area contributed by atoms with Crippen LogP contribution in [0.15, 0.2) is 12.1 Å². The summed E-state index contributed by atoms with van der Waals surface area (Å²) >= 11 is 0. The molecule has 0 aromatic heterocycles. The van der Waals surface area contributed by atoms with Gasteiger partial charge in [-0.3, -0.25) is 40.7 Å². The number of nitrogens with zero attached hydrogens (tertiary/aromatic N) is 3. The van der Waals surface area contributed by atoms with Crippen LogP contribution in [0.1, 0.15) is 6.92 Å². The molecular weight excluding hydrogens is 264 g/mol. The molecule has 0 aliphatic heterocycles. The number of anilines is 1. The van der Waals surface area contributed by atoms with Gasteiger partial charge < -0.3 is 0 Å². The summed E-state index contributed by atoms with van der Waals surface area (Å²) in [5.74, 6) is 0. The molecule has 0 aliphatic carbocycles. The average molecular weight is 272 g/mol.